The third-order valence-corrected chi connectivity index (χ3v) is 4.06. The molecule has 0 heterocycles. The lowest BCUT2D eigenvalue weighted by atomic mass is 9.96. The first-order valence-corrected chi connectivity index (χ1v) is 6.07. The molecular weight excluding hydrogens is 243 g/mol. The van der Waals surface area contributed by atoms with E-state index in [1.54, 1.807) is 12.1 Å². The monoisotopic (exact) mass is 256 g/mol. The molecule has 1 aromatic carbocycles. The third kappa shape index (κ3) is 1.85. The van der Waals surface area contributed by atoms with E-state index in [0.29, 0.717) is 5.41 Å². The second-order valence-electron chi connectivity index (χ2n) is 4.48. The van der Waals surface area contributed by atoms with E-state index in [0.717, 1.165) is 23.2 Å². The van der Waals surface area contributed by atoms with Gasteiger partial charge in [0.1, 0.15) is 5.82 Å². The van der Waals surface area contributed by atoms with Gasteiger partial charge in [0, 0.05) is 5.33 Å². The molecule has 0 bridgehead atoms. The summed E-state index contributed by atoms with van der Waals surface area (Å²) in [6.45, 7) is 2.24. The Morgan fingerprint density at radius 3 is 2.79 bits per heavy atom. The van der Waals surface area contributed by atoms with Crippen LogP contribution in [0.1, 0.15) is 18.9 Å². The fourth-order valence-corrected chi connectivity index (χ4v) is 3.05. The Morgan fingerprint density at radius 2 is 2.21 bits per heavy atom. The molecule has 2 heteroatoms. The maximum Gasteiger partial charge on any atom is 0.126 e. The standard InChI is InChI=1S/C12H14BrF/c1-12(7-10(12)8-13)6-9-4-2-3-5-11(9)14/h2-5,10H,6-8H2,1H3. The molecule has 0 nitrogen and oxygen atoms in total. The Labute approximate surface area is 92.6 Å². The van der Waals surface area contributed by atoms with Crippen LogP contribution in [-0.2, 0) is 6.42 Å². The largest absolute Gasteiger partial charge is 0.207 e. The summed E-state index contributed by atoms with van der Waals surface area (Å²) in [5.41, 5.74) is 1.18. The summed E-state index contributed by atoms with van der Waals surface area (Å²) in [4.78, 5) is 0. The molecule has 76 valence electrons. The van der Waals surface area contributed by atoms with Gasteiger partial charge in [-0.2, -0.15) is 0 Å². The second kappa shape index (κ2) is 3.65. The minimum atomic E-state index is -0.0612. The predicted molar refractivity (Wildman–Crippen MR) is 60.1 cm³/mol. The Kier molecular flexibility index (Phi) is 2.65. The SMILES string of the molecule is CC1(Cc2ccccc2F)CC1CBr. The van der Waals surface area contributed by atoms with Gasteiger partial charge in [-0.1, -0.05) is 41.1 Å². The van der Waals surface area contributed by atoms with Crippen LogP contribution in [0.3, 0.4) is 0 Å². The molecule has 2 atom stereocenters. The van der Waals surface area contributed by atoms with Crippen LogP contribution < -0.4 is 0 Å². The van der Waals surface area contributed by atoms with Gasteiger partial charge in [-0.05, 0) is 35.8 Å². The zero-order valence-electron chi connectivity index (χ0n) is 8.26. The smallest absolute Gasteiger partial charge is 0.126 e. The van der Waals surface area contributed by atoms with E-state index in [1.165, 1.54) is 6.42 Å². The quantitative estimate of drug-likeness (QED) is 0.723. The molecule has 1 aliphatic rings. The Morgan fingerprint density at radius 1 is 1.50 bits per heavy atom. The van der Waals surface area contributed by atoms with Gasteiger partial charge in [-0.25, -0.2) is 4.39 Å². The second-order valence-corrected chi connectivity index (χ2v) is 5.13. The molecule has 0 amide bonds. The highest BCUT2D eigenvalue weighted by atomic mass is 79.9. The highest BCUT2D eigenvalue weighted by Crippen LogP contribution is 2.55. The summed E-state index contributed by atoms with van der Waals surface area (Å²) < 4.78 is 13.4. The molecule has 0 N–H and O–H groups in total. The van der Waals surface area contributed by atoms with Crippen LogP contribution in [0.15, 0.2) is 24.3 Å². The Bertz CT molecular complexity index is 337. The lowest BCUT2D eigenvalue weighted by molar-refractivity contribution is 0.500. The number of benzene rings is 1. The maximum absolute atomic E-state index is 13.4. The van der Waals surface area contributed by atoms with E-state index in [1.807, 2.05) is 12.1 Å². The molecule has 1 saturated carbocycles. The van der Waals surface area contributed by atoms with Gasteiger partial charge in [-0.3, -0.25) is 0 Å². The first-order chi connectivity index (χ1) is 6.65. The molecule has 0 saturated heterocycles. The first-order valence-electron chi connectivity index (χ1n) is 4.95. The van der Waals surface area contributed by atoms with Crippen LogP contribution in [0.4, 0.5) is 4.39 Å². The van der Waals surface area contributed by atoms with Gasteiger partial charge < -0.3 is 0 Å². The molecule has 0 radical (unpaired) electrons. The summed E-state index contributed by atoms with van der Waals surface area (Å²) in [5.74, 6) is 0.663. The van der Waals surface area contributed by atoms with E-state index in [2.05, 4.69) is 22.9 Å². The number of hydrogen-bond acceptors (Lipinski definition) is 0. The summed E-state index contributed by atoms with van der Waals surface area (Å²) in [5, 5.41) is 1.04. The minimum absolute atomic E-state index is 0.0612. The molecule has 0 spiro atoms. The zero-order chi connectivity index (χ0) is 10.2. The summed E-state index contributed by atoms with van der Waals surface area (Å²) >= 11 is 3.49. The first kappa shape index (κ1) is 10.2. The van der Waals surface area contributed by atoms with E-state index < -0.39 is 0 Å². The molecule has 0 aromatic heterocycles. The van der Waals surface area contributed by atoms with Crippen molar-refractivity contribution in [1.29, 1.82) is 0 Å². The molecule has 1 aromatic rings. The van der Waals surface area contributed by atoms with E-state index in [9.17, 15) is 4.39 Å². The normalized spacial score (nSPS) is 30.4. The van der Waals surface area contributed by atoms with Crippen LogP contribution in [0.5, 0.6) is 0 Å². The van der Waals surface area contributed by atoms with Gasteiger partial charge in [0.05, 0.1) is 0 Å². The summed E-state index contributed by atoms with van der Waals surface area (Å²) in [6, 6.07) is 7.09. The van der Waals surface area contributed by atoms with Crippen LogP contribution in [-0.4, -0.2) is 5.33 Å². The molecule has 1 fully saturated rings. The fourth-order valence-electron chi connectivity index (χ4n) is 2.04. The number of alkyl halides is 1. The van der Waals surface area contributed by atoms with E-state index in [4.69, 9.17) is 0 Å². The third-order valence-electron chi connectivity index (χ3n) is 3.28. The predicted octanol–water partition coefficient (Wildman–Crippen LogP) is 3.79. The van der Waals surface area contributed by atoms with Crippen molar-refractivity contribution in [1.82, 2.24) is 0 Å². The van der Waals surface area contributed by atoms with Crippen molar-refractivity contribution in [2.45, 2.75) is 19.8 Å². The Balaban J connectivity index is 2.09. The molecule has 0 aliphatic heterocycles. The number of halogens is 2. The lowest BCUT2D eigenvalue weighted by Gasteiger charge is -2.10. The van der Waals surface area contributed by atoms with Crippen molar-refractivity contribution < 1.29 is 4.39 Å². The van der Waals surface area contributed by atoms with Crippen LogP contribution in [0.2, 0.25) is 0 Å². The fraction of sp³-hybridized carbons (Fsp3) is 0.500. The number of hydrogen-bond donors (Lipinski definition) is 0. The van der Waals surface area contributed by atoms with Crippen LogP contribution >= 0.6 is 15.9 Å². The lowest BCUT2D eigenvalue weighted by Crippen LogP contribution is -2.05. The van der Waals surface area contributed by atoms with Crippen molar-refractivity contribution in [2.24, 2.45) is 11.3 Å². The average Bonchev–Trinajstić information content (AvgIpc) is 2.81. The van der Waals surface area contributed by atoms with Crippen LogP contribution in [0.25, 0.3) is 0 Å². The van der Waals surface area contributed by atoms with Crippen LogP contribution in [0, 0.1) is 17.2 Å². The molecule has 14 heavy (non-hydrogen) atoms. The van der Waals surface area contributed by atoms with Crippen molar-refractivity contribution >= 4 is 15.9 Å². The van der Waals surface area contributed by atoms with Gasteiger partial charge >= 0.3 is 0 Å². The van der Waals surface area contributed by atoms with Crippen molar-refractivity contribution in [2.75, 3.05) is 5.33 Å². The zero-order valence-corrected chi connectivity index (χ0v) is 9.85. The van der Waals surface area contributed by atoms with Gasteiger partial charge in [0.25, 0.3) is 0 Å². The van der Waals surface area contributed by atoms with Crippen molar-refractivity contribution in [3.63, 3.8) is 0 Å². The van der Waals surface area contributed by atoms with Gasteiger partial charge in [0.15, 0.2) is 0 Å². The van der Waals surface area contributed by atoms with E-state index in [-0.39, 0.29) is 5.82 Å². The molecule has 2 unspecified atom stereocenters. The maximum atomic E-state index is 13.4. The molecule has 1 aliphatic carbocycles. The highest BCUT2D eigenvalue weighted by molar-refractivity contribution is 9.09. The molecular formula is C12H14BrF. The highest BCUT2D eigenvalue weighted by Gasteiger charge is 2.48. The topological polar surface area (TPSA) is 0 Å². The minimum Gasteiger partial charge on any atom is -0.207 e. The van der Waals surface area contributed by atoms with Gasteiger partial charge in [-0.15, -0.1) is 0 Å². The average molecular weight is 257 g/mol. The Hall–Kier alpha value is -0.370. The summed E-state index contributed by atoms with van der Waals surface area (Å²) in [7, 11) is 0. The molecule has 2 rings (SSSR count). The van der Waals surface area contributed by atoms with Gasteiger partial charge in [0.2, 0.25) is 0 Å². The van der Waals surface area contributed by atoms with Crippen molar-refractivity contribution in [3.8, 4) is 0 Å². The van der Waals surface area contributed by atoms with E-state index >= 15 is 0 Å². The van der Waals surface area contributed by atoms with Crippen molar-refractivity contribution in [3.05, 3.63) is 35.6 Å². The number of rotatable bonds is 3. The summed E-state index contributed by atoms with van der Waals surface area (Å²) in [6.07, 6.45) is 2.09.